The third-order valence-electron chi connectivity index (χ3n) is 15.6. The highest BCUT2D eigenvalue weighted by Crippen LogP contribution is 2.45. The van der Waals surface area contributed by atoms with Crippen molar-refractivity contribution in [1.29, 1.82) is 0 Å². The predicted molar refractivity (Wildman–Crippen MR) is 323 cm³/mol. The second-order valence-corrected chi connectivity index (χ2v) is 27.5. The maximum atomic E-state index is 14.3. The molecule has 2 aliphatic rings. The Morgan fingerprint density at radius 1 is 0.634 bits per heavy atom. The number of hydrogen-bond acceptors (Lipinski definition) is 12. The van der Waals surface area contributed by atoms with Crippen molar-refractivity contribution >= 4 is 67.4 Å². The molecule has 0 spiro atoms. The van der Waals surface area contributed by atoms with Gasteiger partial charge in [-0.05, 0) is 128 Å². The van der Waals surface area contributed by atoms with Gasteiger partial charge in [-0.2, -0.15) is 4.55 Å². The molecule has 2 heterocycles. The number of benzene rings is 4. The maximum Gasteiger partial charge on any atom is 0.323 e. The summed E-state index contributed by atoms with van der Waals surface area (Å²) >= 11 is 0. The van der Waals surface area contributed by atoms with E-state index in [1.165, 1.54) is 24.3 Å². The smallest absolute Gasteiger partial charge is 0.323 e. The summed E-state index contributed by atoms with van der Waals surface area (Å²) in [6.45, 7) is 15.8. The molecule has 450 valence electrons. The standard InChI is InChI=1S/C60H88N10O10S2/c1-41(61-9)55(73)65-53(59(3,4)5)57(75)69-31-17-23-47(69)39-67(33-29-43-19-13-11-14-20-43)51(71)37-63-81(77,78)49-27-25-46-36-50(28-26-45(46)35-49)82(79,80)64-38-52(72)68(34-30-44-21-15-12-16-22-44)40-48-24-18-32-70(48)58(76)54(60(6,7)8)66-56(74)42(2)62-10/h11-16,19-22,25-28,35-36,41-42,47-48,53-54,61-63H,17-18,23-24,29-34,37-40H2,1-10H3,(H5-,64,65,66,73,74,77,78,79,80)/p+1/t41-,42-,47-,48-,53+,54+/m0/s1. The minimum Gasteiger partial charge on any atom is -0.342 e. The second-order valence-electron chi connectivity index (χ2n) is 23.8. The molecule has 0 saturated carbocycles. The van der Waals surface area contributed by atoms with Gasteiger partial charge in [0.15, 0.2) is 0 Å². The van der Waals surface area contributed by atoms with E-state index in [-0.39, 0.29) is 65.1 Å². The van der Waals surface area contributed by atoms with Gasteiger partial charge in [0, 0.05) is 57.4 Å². The molecule has 9 N–H and O–H groups in total. The highest BCUT2D eigenvalue weighted by Gasteiger charge is 2.43. The third kappa shape index (κ3) is 17.6. The van der Waals surface area contributed by atoms with E-state index in [4.69, 9.17) is 0 Å². The Labute approximate surface area is 487 Å². The average molecular weight is 1170 g/mol. The summed E-state index contributed by atoms with van der Waals surface area (Å²) < 4.78 is 53.9. The molecule has 0 radical (unpaired) electrons. The van der Waals surface area contributed by atoms with Crippen LogP contribution >= 0.6 is 10.8 Å². The summed E-state index contributed by atoms with van der Waals surface area (Å²) in [4.78, 5) is 89.9. The van der Waals surface area contributed by atoms with Crippen LogP contribution in [0.25, 0.3) is 10.8 Å². The van der Waals surface area contributed by atoms with E-state index in [0.29, 0.717) is 68.9 Å². The first-order valence-electron chi connectivity index (χ1n) is 28.4. The van der Waals surface area contributed by atoms with Gasteiger partial charge in [0.2, 0.25) is 40.3 Å². The summed E-state index contributed by atoms with van der Waals surface area (Å²) in [5.41, 5.74) is 0.771. The van der Waals surface area contributed by atoms with E-state index in [2.05, 4.69) is 30.7 Å². The average Bonchev–Trinajstić information content (AvgIpc) is 4.28. The molecule has 6 amide bonds. The lowest BCUT2D eigenvalue weighted by atomic mass is 9.85. The van der Waals surface area contributed by atoms with E-state index in [0.717, 1.165) is 11.1 Å². The molecule has 0 bridgehead atoms. The summed E-state index contributed by atoms with van der Waals surface area (Å²) in [5.74, 6) is -1.90. The number of nitrogens with one attached hydrogen (secondary N) is 6. The molecule has 0 aliphatic carbocycles. The Balaban J connectivity index is 1.13. The lowest BCUT2D eigenvalue weighted by molar-refractivity contribution is -0.142. The van der Waals surface area contributed by atoms with Crippen LogP contribution in [0.1, 0.15) is 92.2 Å². The van der Waals surface area contributed by atoms with Crippen LogP contribution in [0.3, 0.4) is 0 Å². The lowest BCUT2D eigenvalue weighted by Crippen LogP contribution is -2.59. The minimum absolute atomic E-state index is 0.0117. The second kappa shape index (κ2) is 28.6. The quantitative estimate of drug-likeness (QED) is 0.0343. The molecule has 0 aromatic heterocycles. The molecule has 1 unspecified atom stereocenters. The van der Waals surface area contributed by atoms with Gasteiger partial charge >= 0.3 is 10.4 Å². The number of amides is 6. The molecule has 7 atom stereocenters. The van der Waals surface area contributed by atoms with Gasteiger partial charge in [0.1, 0.15) is 18.6 Å². The first-order chi connectivity index (χ1) is 38.6. The van der Waals surface area contributed by atoms with Crippen molar-refractivity contribution in [2.24, 2.45) is 10.8 Å². The van der Waals surface area contributed by atoms with E-state index < -0.39 is 81.1 Å². The number of hydrogen-bond donors (Lipinski definition) is 9. The highest BCUT2D eigenvalue weighted by molar-refractivity contribution is 8.22. The van der Waals surface area contributed by atoms with Crippen LogP contribution in [0.2, 0.25) is 0 Å². The van der Waals surface area contributed by atoms with E-state index in [9.17, 15) is 46.6 Å². The number of likely N-dealkylation sites (N-methyl/N-ethyl adjacent to an activating group) is 2. The summed E-state index contributed by atoms with van der Waals surface area (Å²) in [5, 5.41) is 12.7. The van der Waals surface area contributed by atoms with Crippen molar-refractivity contribution in [3.05, 3.63) is 108 Å². The van der Waals surface area contributed by atoms with Crippen molar-refractivity contribution in [1.82, 2.24) is 50.3 Å². The molecule has 6 rings (SSSR count). The minimum atomic E-state index is -4.02. The molecule has 2 fully saturated rings. The molecule has 4 aromatic rings. The van der Waals surface area contributed by atoms with Crippen molar-refractivity contribution < 1.29 is 46.6 Å². The molecule has 2 aliphatic heterocycles. The molecule has 4 aromatic carbocycles. The third-order valence-corrected chi connectivity index (χ3v) is 18.5. The van der Waals surface area contributed by atoms with Gasteiger partial charge in [0.25, 0.3) is 0 Å². The van der Waals surface area contributed by atoms with Gasteiger partial charge < -0.3 is 40.9 Å². The SMILES string of the molecule is CN[C@@H](C)C(=O)N[C@H](C(=O)N1CCC[C@H]1CN(CCc1ccccc1)C(=O)CNS(O)(O)c1ccc2cc([S+](=O)(O)NCC(=O)N(CCc3ccccc3)C[C@@H]3CCCN3C(=O)[C@@H](NC(=O)[C@H](C)NC)C(C)(C)C)ccc2c1)C(C)(C)C. The zero-order chi connectivity index (χ0) is 60.2. The van der Waals surface area contributed by atoms with Crippen LogP contribution in [0, 0.1) is 10.8 Å². The largest absolute Gasteiger partial charge is 0.342 e. The first-order valence-corrected chi connectivity index (χ1v) is 31.5. The topological polar surface area (TPSA) is 265 Å². The predicted octanol–water partition coefficient (Wildman–Crippen LogP) is 5.69. The number of carbonyl (C=O) groups excluding carboxylic acids is 6. The first kappa shape index (κ1) is 65.3. The fourth-order valence-corrected chi connectivity index (χ4v) is 12.3. The fourth-order valence-electron chi connectivity index (χ4n) is 10.3. The normalized spacial score (nSPS) is 18.3. The summed E-state index contributed by atoms with van der Waals surface area (Å²) in [7, 11) is -4.45. The molecule has 22 heteroatoms. The molecule has 2 saturated heterocycles. The van der Waals surface area contributed by atoms with Crippen molar-refractivity contribution in [2.45, 2.75) is 140 Å². The number of likely N-dealkylation sites (tertiary alicyclic amines) is 2. The van der Waals surface area contributed by atoms with Gasteiger partial charge in [-0.1, -0.05) is 113 Å². The molecule has 82 heavy (non-hydrogen) atoms. The van der Waals surface area contributed by atoms with Crippen LogP contribution in [-0.4, -0.2) is 171 Å². The molecular formula is C60H89N10O10S2+. The van der Waals surface area contributed by atoms with Gasteiger partial charge in [-0.25, -0.2) is 4.72 Å². The Morgan fingerprint density at radius 3 is 1.50 bits per heavy atom. The van der Waals surface area contributed by atoms with Crippen molar-refractivity contribution in [3.63, 3.8) is 0 Å². The number of nitrogens with zero attached hydrogens (tertiary/aromatic N) is 4. The maximum absolute atomic E-state index is 14.3. The van der Waals surface area contributed by atoms with Crippen LogP contribution < -0.4 is 30.7 Å². The van der Waals surface area contributed by atoms with Crippen molar-refractivity contribution in [3.8, 4) is 0 Å². The monoisotopic (exact) mass is 1170 g/mol. The molecular weight excluding hydrogens is 1080 g/mol. The lowest BCUT2D eigenvalue weighted by Gasteiger charge is -2.38. The fraction of sp³-hybridized carbons (Fsp3) is 0.533. The van der Waals surface area contributed by atoms with E-state index in [1.807, 2.05) is 102 Å². The van der Waals surface area contributed by atoms with Crippen LogP contribution in [-0.2, 0) is 56.2 Å². The van der Waals surface area contributed by atoms with Gasteiger partial charge in [0.05, 0.1) is 23.5 Å². The van der Waals surface area contributed by atoms with E-state index in [1.54, 1.807) is 59.7 Å². The number of carbonyl (C=O) groups is 6. The zero-order valence-corrected chi connectivity index (χ0v) is 51.0. The van der Waals surface area contributed by atoms with Crippen molar-refractivity contribution in [2.75, 3.05) is 66.5 Å². The van der Waals surface area contributed by atoms with Gasteiger partial charge in [-0.3, -0.25) is 37.9 Å². The number of rotatable bonds is 26. The van der Waals surface area contributed by atoms with Crippen LogP contribution in [0.5, 0.6) is 0 Å². The Kier molecular flexibility index (Phi) is 22.8. The zero-order valence-electron chi connectivity index (χ0n) is 49.4. The van der Waals surface area contributed by atoms with Gasteiger partial charge in [-0.15, -0.1) is 10.8 Å². The molecule has 20 nitrogen and oxygen atoms in total. The van der Waals surface area contributed by atoms with Crippen LogP contribution in [0.4, 0.5) is 0 Å². The van der Waals surface area contributed by atoms with E-state index >= 15 is 0 Å². The Bertz CT molecular complexity index is 2890. The van der Waals surface area contributed by atoms with Crippen LogP contribution in [0.15, 0.2) is 107 Å². The Hall–Kier alpha value is -5.82. The summed E-state index contributed by atoms with van der Waals surface area (Å²) in [6.07, 6.45) is 3.70. The highest BCUT2D eigenvalue weighted by atomic mass is 32.3. The number of fused-ring (bicyclic) bond motifs is 1. The Morgan fingerprint density at radius 2 is 1.06 bits per heavy atom. The summed E-state index contributed by atoms with van der Waals surface area (Å²) in [6, 6.07) is 25.0.